The minimum absolute atomic E-state index is 0.106. The van der Waals surface area contributed by atoms with E-state index in [4.69, 9.17) is 44.6 Å². The zero-order chi connectivity index (χ0) is 45.9. The first-order valence-electron chi connectivity index (χ1n) is 19.3. The van der Waals surface area contributed by atoms with Gasteiger partial charge in [0.2, 0.25) is 5.91 Å². The second-order valence-electron chi connectivity index (χ2n) is 15.4. The van der Waals surface area contributed by atoms with Crippen molar-refractivity contribution in [2.45, 2.75) is 107 Å². The molecular formula is C39H48ClN3O18S. The van der Waals surface area contributed by atoms with Gasteiger partial charge < -0.3 is 43.3 Å². The lowest BCUT2D eigenvalue weighted by Crippen LogP contribution is -2.63. The molecule has 0 aromatic heterocycles. The highest BCUT2D eigenvalue weighted by atomic mass is 35.5. The molecule has 5 rings (SSSR count). The molecule has 0 aliphatic carbocycles. The molecule has 340 valence electrons. The normalized spacial score (nSPS) is 30.6. The Hall–Kier alpha value is -5.13. The maximum absolute atomic E-state index is 14.1. The average molecular weight is 914 g/mol. The molecule has 4 amide bonds. The summed E-state index contributed by atoms with van der Waals surface area (Å²) in [5.74, 6) is -6.74. The number of methoxy groups -OCH3 is 2. The monoisotopic (exact) mass is 913 g/mol. The number of carbonyl (C=O) groups excluding carboxylic acids is 7. The number of halogens is 1. The number of anilines is 1. The maximum Gasteiger partial charge on any atom is 0.409 e. The molecule has 4 aliphatic rings. The van der Waals surface area contributed by atoms with E-state index in [-0.39, 0.29) is 16.5 Å². The highest BCUT2D eigenvalue weighted by Gasteiger charge is 2.64. The van der Waals surface area contributed by atoms with E-state index >= 15 is 0 Å². The summed E-state index contributed by atoms with van der Waals surface area (Å²) < 4.78 is 65.5. The van der Waals surface area contributed by atoms with Gasteiger partial charge in [0.05, 0.1) is 51.0 Å². The van der Waals surface area contributed by atoms with Gasteiger partial charge in [-0.15, -0.1) is 5.06 Å². The summed E-state index contributed by atoms with van der Waals surface area (Å²) in [5, 5.41) is 12.1. The van der Waals surface area contributed by atoms with Crippen molar-refractivity contribution >= 4 is 69.1 Å². The van der Waals surface area contributed by atoms with Crippen LogP contribution in [0.2, 0.25) is 5.02 Å². The number of nitrogens with zero attached hydrogens (tertiary/aromatic N) is 2. The smallest absolute Gasteiger partial charge is 0.409 e. The second-order valence-corrected chi connectivity index (χ2v) is 17.4. The van der Waals surface area contributed by atoms with Gasteiger partial charge in [-0.2, -0.15) is 8.42 Å². The van der Waals surface area contributed by atoms with Crippen LogP contribution in [-0.4, -0.2) is 134 Å². The van der Waals surface area contributed by atoms with Crippen LogP contribution in [0.25, 0.3) is 0 Å². The number of nitrogens with one attached hydrogen (secondary N) is 1. The second kappa shape index (κ2) is 19.1. The number of hydrogen-bond acceptors (Lipinski definition) is 17. The molecule has 3 saturated heterocycles. The van der Waals surface area contributed by atoms with Crippen LogP contribution in [0.15, 0.2) is 35.9 Å². The van der Waals surface area contributed by atoms with Gasteiger partial charge in [0.15, 0.2) is 11.0 Å². The standard InChI is InChI=1S/C39H48ClN3O18S/c1-20-8-7-9-27(56-6)39(51)19-25(58-37(50)41-39)21(2)35-38(3,60-35)28(18-29(44)42(4)23-15-22(14-20)16-24(55-5)34(23)40)59-32(47)12-13-57-31(46)10-11-33(48)61-43-30(45)17-26(36(43)49)62(52,53)54/h7-9,15-16,21,25-28,35,51H,10-14,17-19H2,1-6H3,(H,41,50)(H,52,53,54)/b9-7+,20-8+. The Morgan fingerprint density at radius 2 is 1.73 bits per heavy atom. The van der Waals surface area contributed by atoms with Crippen molar-refractivity contribution in [3.05, 3.63) is 46.5 Å². The Morgan fingerprint density at radius 3 is 2.37 bits per heavy atom. The van der Waals surface area contributed by atoms with Gasteiger partial charge in [-0.05, 0) is 38.0 Å². The number of fused-ring (bicyclic) bond motifs is 5. The van der Waals surface area contributed by atoms with Crippen LogP contribution in [0.4, 0.5) is 10.5 Å². The van der Waals surface area contributed by atoms with E-state index in [1.807, 2.05) is 6.92 Å². The molecule has 3 N–H and O–H groups in total. The van der Waals surface area contributed by atoms with Gasteiger partial charge in [-0.3, -0.25) is 33.8 Å². The summed E-state index contributed by atoms with van der Waals surface area (Å²) >= 11 is 6.71. The first kappa shape index (κ1) is 47.9. The zero-order valence-electron chi connectivity index (χ0n) is 34.6. The van der Waals surface area contributed by atoms with Crippen molar-refractivity contribution in [3.8, 4) is 5.75 Å². The van der Waals surface area contributed by atoms with Crippen molar-refractivity contribution < 1.29 is 84.9 Å². The Bertz CT molecular complexity index is 2160. The van der Waals surface area contributed by atoms with Gasteiger partial charge in [0.25, 0.3) is 21.9 Å². The number of rotatable bonds is 11. The molecule has 4 bridgehead atoms. The molecule has 1 aromatic rings. The molecule has 4 aliphatic heterocycles. The fraction of sp³-hybridized carbons (Fsp3) is 0.564. The highest BCUT2D eigenvalue weighted by molar-refractivity contribution is 7.87. The number of imide groups is 1. The summed E-state index contributed by atoms with van der Waals surface area (Å²) in [5.41, 5.74) is -1.35. The van der Waals surface area contributed by atoms with Crippen LogP contribution in [0.3, 0.4) is 0 Å². The first-order chi connectivity index (χ1) is 29.0. The number of allylic oxidation sites excluding steroid dienone is 3. The summed E-state index contributed by atoms with van der Waals surface area (Å²) in [6, 6.07) is 3.44. The summed E-state index contributed by atoms with van der Waals surface area (Å²) in [4.78, 5) is 94.7. The molecule has 1 aromatic carbocycles. The van der Waals surface area contributed by atoms with Crippen molar-refractivity contribution in [3.63, 3.8) is 0 Å². The van der Waals surface area contributed by atoms with Crippen molar-refractivity contribution in [2.75, 3.05) is 32.8 Å². The topological polar surface area (TPSA) is 281 Å². The number of aliphatic hydroxyl groups is 1. The molecule has 8 atom stereocenters. The number of hydrogen-bond donors (Lipinski definition) is 3. The van der Waals surface area contributed by atoms with Gasteiger partial charge >= 0.3 is 24.0 Å². The molecule has 0 spiro atoms. The number of amides is 4. The predicted molar refractivity (Wildman–Crippen MR) is 211 cm³/mol. The third-order valence-electron chi connectivity index (χ3n) is 10.9. The third-order valence-corrected chi connectivity index (χ3v) is 12.4. The molecule has 3 fully saturated rings. The predicted octanol–water partition coefficient (Wildman–Crippen LogP) is 1.85. The molecule has 62 heavy (non-hydrogen) atoms. The van der Waals surface area contributed by atoms with E-state index < -0.39 is 137 Å². The van der Waals surface area contributed by atoms with E-state index in [0.29, 0.717) is 17.9 Å². The van der Waals surface area contributed by atoms with Crippen LogP contribution in [0, 0.1) is 5.92 Å². The minimum atomic E-state index is -4.94. The van der Waals surface area contributed by atoms with Crippen LogP contribution in [0.5, 0.6) is 5.75 Å². The van der Waals surface area contributed by atoms with E-state index in [9.17, 15) is 47.1 Å². The quantitative estimate of drug-likeness (QED) is 0.0939. The van der Waals surface area contributed by atoms with Gasteiger partial charge in [0, 0.05) is 26.5 Å². The van der Waals surface area contributed by atoms with Crippen molar-refractivity contribution in [1.29, 1.82) is 0 Å². The van der Waals surface area contributed by atoms with Crippen LogP contribution in [0.1, 0.15) is 64.9 Å². The average Bonchev–Trinajstić information content (AvgIpc) is 3.81. The minimum Gasteiger partial charge on any atom is -0.495 e. The molecule has 8 unspecified atom stereocenters. The Labute approximate surface area is 361 Å². The SMILES string of the molecule is COc1cc2cc(c1Cl)N(C)C(=O)CC(OC(=O)CCOC(=O)CCC(=O)ON1C(=O)CC(S(=O)(=O)O)C1=O)C1(C)OC1C(C)C1CC(O)(NC(=O)O1)C(OC)/C=C/C=C(\C)C2. The maximum atomic E-state index is 14.1. The number of epoxide rings is 1. The number of ether oxygens (including phenoxy) is 6. The number of benzene rings is 1. The highest BCUT2D eigenvalue weighted by Crippen LogP contribution is 2.49. The van der Waals surface area contributed by atoms with Crippen molar-refractivity contribution in [2.24, 2.45) is 5.92 Å². The first-order valence-corrected chi connectivity index (χ1v) is 21.2. The Kier molecular flexibility index (Phi) is 14.8. The van der Waals surface area contributed by atoms with E-state index in [1.54, 1.807) is 44.2 Å². The molecule has 0 radical (unpaired) electrons. The lowest BCUT2D eigenvalue weighted by molar-refractivity contribution is -0.197. The molecule has 0 saturated carbocycles. The molecule has 23 heteroatoms. The molecule has 4 heterocycles. The summed E-state index contributed by atoms with van der Waals surface area (Å²) in [6.45, 7) is 4.64. The molecule has 21 nitrogen and oxygen atoms in total. The number of hydroxylamine groups is 2. The lowest BCUT2D eigenvalue weighted by Gasteiger charge is -2.42. The zero-order valence-corrected chi connectivity index (χ0v) is 36.2. The van der Waals surface area contributed by atoms with Gasteiger partial charge in [-0.1, -0.05) is 42.3 Å². The fourth-order valence-electron chi connectivity index (χ4n) is 7.41. The van der Waals surface area contributed by atoms with Gasteiger partial charge in [0.1, 0.15) is 41.3 Å². The number of carbonyl (C=O) groups is 7. The Morgan fingerprint density at radius 1 is 1.03 bits per heavy atom. The third kappa shape index (κ3) is 10.9. The van der Waals surface area contributed by atoms with Crippen molar-refractivity contribution in [1.82, 2.24) is 10.4 Å². The number of esters is 2. The van der Waals surface area contributed by atoms with Gasteiger partial charge in [-0.25, -0.2) is 9.59 Å². The van der Waals surface area contributed by atoms with Crippen LogP contribution < -0.4 is 15.0 Å². The van der Waals surface area contributed by atoms with E-state index in [0.717, 1.165) is 11.1 Å². The fourth-order valence-corrected chi connectivity index (χ4v) is 8.42. The summed E-state index contributed by atoms with van der Waals surface area (Å²) in [7, 11) is -0.647. The molecular weight excluding hydrogens is 866 g/mol. The Balaban J connectivity index is 1.31. The van der Waals surface area contributed by atoms with E-state index in [2.05, 4.69) is 10.2 Å². The van der Waals surface area contributed by atoms with Crippen LogP contribution in [-0.2, 0) is 73.8 Å². The van der Waals surface area contributed by atoms with E-state index in [1.165, 1.54) is 26.2 Å². The largest absolute Gasteiger partial charge is 0.495 e. The van der Waals surface area contributed by atoms with Crippen LogP contribution >= 0.6 is 11.6 Å². The lowest BCUT2D eigenvalue weighted by atomic mass is 9.83. The summed E-state index contributed by atoms with van der Waals surface area (Å²) in [6.07, 6.45) is -2.83. The number of alkyl carbamates (subject to hydrolysis) is 1.